The molecular formula is C23H30IN3O4S. The van der Waals surface area contributed by atoms with E-state index in [4.69, 9.17) is 0 Å². The van der Waals surface area contributed by atoms with Gasteiger partial charge in [0.15, 0.2) is 0 Å². The number of nitrogens with zero attached hydrogens (tertiary/aromatic N) is 2. The van der Waals surface area contributed by atoms with E-state index in [-0.39, 0.29) is 12.5 Å². The van der Waals surface area contributed by atoms with E-state index in [1.54, 1.807) is 24.3 Å². The predicted molar refractivity (Wildman–Crippen MR) is 136 cm³/mol. The zero-order valence-electron chi connectivity index (χ0n) is 18.6. The zero-order valence-corrected chi connectivity index (χ0v) is 21.6. The van der Waals surface area contributed by atoms with Gasteiger partial charge in [0.05, 0.1) is 11.9 Å². The summed E-state index contributed by atoms with van der Waals surface area (Å²) in [5.74, 6) is -0.653. The van der Waals surface area contributed by atoms with Crippen molar-refractivity contribution in [1.29, 1.82) is 0 Å². The number of hydrogen-bond donors (Lipinski definition) is 1. The molecule has 1 atom stereocenters. The molecular weight excluding hydrogens is 541 g/mol. The molecule has 0 aliphatic carbocycles. The molecule has 0 aliphatic rings. The number of likely N-dealkylation sites (N-methyl/N-ethyl adjacent to an activating group) is 1. The van der Waals surface area contributed by atoms with Crippen LogP contribution in [-0.4, -0.2) is 57.1 Å². The van der Waals surface area contributed by atoms with Crippen molar-refractivity contribution in [1.82, 2.24) is 10.2 Å². The first-order valence-electron chi connectivity index (χ1n) is 10.5. The fraction of sp³-hybridized carbons (Fsp3) is 0.391. The lowest BCUT2D eigenvalue weighted by molar-refractivity contribution is -0.139. The van der Waals surface area contributed by atoms with Crippen LogP contribution in [0.15, 0.2) is 54.6 Å². The van der Waals surface area contributed by atoms with E-state index in [1.807, 2.05) is 44.2 Å². The van der Waals surface area contributed by atoms with Crippen LogP contribution in [0.3, 0.4) is 0 Å². The smallest absolute Gasteiger partial charge is 0.244 e. The molecule has 2 amide bonds. The highest BCUT2D eigenvalue weighted by molar-refractivity contribution is 14.1. The molecule has 1 N–H and O–H groups in total. The molecule has 2 aromatic carbocycles. The van der Waals surface area contributed by atoms with Crippen molar-refractivity contribution in [2.24, 2.45) is 0 Å². The van der Waals surface area contributed by atoms with Gasteiger partial charge in [0, 0.05) is 16.7 Å². The molecule has 0 aliphatic heterocycles. The van der Waals surface area contributed by atoms with Gasteiger partial charge in [-0.1, -0.05) is 37.3 Å². The van der Waals surface area contributed by atoms with E-state index in [9.17, 15) is 18.0 Å². The molecule has 0 fully saturated rings. The topological polar surface area (TPSA) is 86.8 Å². The predicted octanol–water partition coefficient (Wildman–Crippen LogP) is 3.04. The molecule has 0 spiro atoms. The Labute approximate surface area is 204 Å². The van der Waals surface area contributed by atoms with Crippen LogP contribution in [0.25, 0.3) is 0 Å². The van der Waals surface area contributed by atoms with Gasteiger partial charge in [0.1, 0.15) is 12.6 Å². The molecule has 174 valence electrons. The van der Waals surface area contributed by atoms with E-state index in [2.05, 4.69) is 27.9 Å². The summed E-state index contributed by atoms with van der Waals surface area (Å²) < 4.78 is 27.1. The monoisotopic (exact) mass is 571 g/mol. The standard InChI is InChI=1S/C23H30IN3O4S/c1-4-21(23(29)25-5-2)26(16-15-18-9-7-6-8-10-18)22(28)17-27(32(3,30)31)20-13-11-19(24)12-14-20/h6-14,21H,4-5,15-17H2,1-3H3,(H,25,29). The van der Waals surface area contributed by atoms with Crippen LogP contribution in [0.5, 0.6) is 0 Å². The van der Waals surface area contributed by atoms with Crippen LogP contribution in [0.1, 0.15) is 25.8 Å². The first kappa shape index (κ1) is 26.1. The average molecular weight is 571 g/mol. The summed E-state index contributed by atoms with van der Waals surface area (Å²) in [4.78, 5) is 27.6. The van der Waals surface area contributed by atoms with Gasteiger partial charge in [-0.2, -0.15) is 0 Å². The number of amides is 2. The molecule has 0 radical (unpaired) electrons. The third-order valence-corrected chi connectivity index (χ3v) is 6.87. The van der Waals surface area contributed by atoms with Crippen LogP contribution in [-0.2, 0) is 26.0 Å². The molecule has 2 rings (SSSR count). The highest BCUT2D eigenvalue weighted by atomic mass is 127. The molecule has 1 unspecified atom stereocenters. The highest BCUT2D eigenvalue weighted by Crippen LogP contribution is 2.20. The summed E-state index contributed by atoms with van der Waals surface area (Å²) in [5.41, 5.74) is 1.45. The van der Waals surface area contributed by atoms with Gasteiger partial charge in [-0.25, -0.2) is 8.42 Å². The zero-order chi connectivity index (χ0) is 23.7. The first-order valence-corrected chi connectivity index (χ1v) is 13.4. The van der Waals surface area contributed by atoms with Crippen LogP contribution in [0.2, 0.25) is 0 Å². The number of halogens is 1. The number of nitrogens with one attached hydrogen (secondary N) is 1. The first-order chi connectivity index (χ1) is 15.2. The Bertz CT molecular complexity index is 998. The van der Waals surface area contributed by atoms with Gasteiger partial charge in [-0.3, -0.25) is 13.9 Å². The fourth-order valence-electron chi connectivity index (χ4n) is 3.41. The average Bonchev–Trinajstić information content (AvgIpc) is 2.75. The van der Waals surface area contributed by atoms with Crippen LogP contribution < -0.4 is 9.62 Å². The molecule has 0 heterocycles. The van der Waals surface area contributed by atoms with Gasteiger partial charge in [0.2, 0.25) is 21.8 Å². The summed E-state index contributed by atoms with van der Waals surface area (Å²) in [5, 5.41) is 2.79. The van der Waals surface area contributed by atoms with Crippen LogP contribution >= 0.6 is 22.6 Å². The van der Waals surface area contributed by atoms with Crippen molar-refractivity contribution in [3.05, 3.63) is 63.7 Å². The fourth-order valence-corrected chi connectivity index (χ4v) is 4.62. The Hall–Kier alpha value is -2.14. The SMILES string of the molecule is CCNC(=O)C(CC)N(CCc1ccccc1)C(=O)CN(c1ccc(I)cc1)S(C)(=O)=O. The maximum atomic E-state index is 13.4. The summed E-state index contributed by atoms with van der Waals surface area (Å²) >= 11 is 2.13. The summed E-state index contributed by atoms with van der Waals surface area (Å²) in [6, 6.07) is 15.9. The van der Waals surface area contributed by atoms with E-state index in [0.717, 1.165) is 19.7 Å². The van der Waals surface area contributed by atoms with E-state index in [1.165, 1.54) is 4.90 Å². The minimum absolute atomic E-state index is 0.239. The number of anilines is 1. The van der Waals surface area contributed by atoms with Crippen molar-refractivity contribution in [3.8, 4) is 0 Å². The second-order valence-electron chi connectivity index (χ2n) is 7.39. The van der Waals surface area contributed by atoms with E-state index < -0.39 is 22.0 Å². The van der Waals surface area contributed by atoms with Crippen molar-refractivity contribution >= 4 is 50.1 Å². The Morgan fingerprint density at radius 2 is 1.66 bits per heavy atom. The maximum Gasteiger partial charge on any atom is 0.244 e. The largest absolute Gasteiger partial charge is 0.355 e. The van der Waals surface area contributed by atoms with Gasteiger partial charge in [0.25, 0.3) is 0 Å². The molecule has 0 saturated carbocycles. The Morgan fingerprint density at radius 3 is 2.19 bits per heavy atom. The molecule has 0 saturated heterocycles. The lowest BCUT2D eigenvalue weighted by atomic mass is 10.1. The molecule has 32 heavy (non-hydrogen) atoms. The quantitative estimate of drug-likeness (QED) is 0.421. The lowest BCUT2D eigenvalue weighted by Gasteiger charge is -2.32. The third kappa shape index (κ3) is 7.47. The molecule has 9 heteroatoms. The van der Waals surface area contributed by atoms with Crippen LogP contribution in [0, 0.1) is 3.57 Å². The van der Waals surface area contributed by atoms with Gasteiger partial charge >= 0.3 is 0 Å². The van der Waals surface area contributed by atoms with Crippen molar-refractivity contribution in [3.63, 3.8) is 0 Å². The number of rotatable bonds is 11. The van der Waals surface area contributed by atoms with Crippen molar-refractivity contribution in [2.75, 3.05) is 30.2 Å². The van der Waals surface area contributed by atoms with Gasteiger partial charge in [-0.15, -0.1) is 0 Å². The number of carbonyl (C=O) groups is 2. The maximum absolute atomic E-state index is 13.4. The second-order valence-corrected chi connectivity index (χ2v) is 10.5. The minimum Gasteiger partial charge on any atom is -0.355 e. The normalized spacial score (nSPS) is 12.1. The Balaban J connectivity index is 2.33. The van der Waals surface area contributed by atoms with Gasteiger partial charge < -0.3 is 10.2 Å². The summed E-state index contributed by atoms with van der Waals surface area (Å²) in [6.45, 7) is 4.06. The molecule has 2 aromatic rings. The van der Waals surface area contributed by atoms with Crippen molar-refractivity contribution in [2.45, 2.75) is 32.7 Å². The number of sulfonamides is 1. The lowest BCUT2D eigenvalue weighted by Crippen LogP contribution is -2.53. The second kappa shape index (κ2) is 12.2. The van der Waals surface area contributed by atoms with Gasteiger partial charge in [-0.05, 0) is 72.2 Å². The summed E-state index contributed by atoms with van der Waals surface area (Å²) in [6.07, 6.45) is 2.06. The Morgan fingerprint density at radius 1 is 1.03 bits per heavy atom. The summed E-state index contributed by atoms with van der Waals surface area (Å²) in [7, 11) is -3.71. The Kier molecular flexibility index (Phi) is 9.95. The number of carbonyl (C=O) groups excluding carboxylic acids is 2. The molecule has 7 nitrogen and oxygen atoms in total. The highest BCUT2D eigenvalue weighted by Gasteiger charge is 2.31. The van der Waals surface area contributed by atoms with E-state index >= 15 is 0 Å². The number of benzene rings is 2. The van der Waals surface area contributed by atoms with Crippen molar-refractivity contribution < 1.29 is 18.0 Å². The van der Waals surface area contributed by atoms with Crippen LogP contribution in [0.4, 0.5) is 5.69 Å². The van der Waals surface area contributed by atoms with E-state index in [0.29, 0.717) is 31.6 Å². The third-order valence-electron chi connectivity index (χ3n) is 5.01. The molecule has 0 bridgehead atoms. The molecule has 0 aromatic heterocycles. The number of hydrogen-bond acceptors (Lipinski definition) is 4. The minimum atomic E-state index is -3.71.